The second kappa shape index (κ2) is 9.06. The highest BCUT2D eigenvalue weighted by atomic mass is 35.9. The zero-order valence-electron chi connectivity index (χ0n) is 21.2. The highest BCUT2D eigenvalue weighted by Gasteiger charge is 2.79. The zero-order chi connectivity index (χ0) is 24.5. The van der Waals surface area contributed by atoms with Crippen LogP contribution >= 0.6 is 58.5 Å². The van der Waals surface area contributed by atoms with Crippen molar-refractivity contribution in [3.63, 3.8) is 0 Å². The molecule has 1 rings (SSSR count). The van der Waals surface area contributed by atoms with Crippen LogP contribution in [0.3, 0.4) is 0 Å². The van der Waals surface area contributed by atoms with Gasteiger partial charge in [-0.2, -0.15) is 0 Å². The summed E-state index contributed by atoms with van der Waals surface area (Å²) in [7, 11) is -5.00. The molecule has 1 aliphatic rings. The topological polar surface area (TPSA) is 13.0 Å². The molecule has 30 heavy (non-hydrogen) atoms. The van der Waals surface area contributed by atoms with Crippen molar-refractivity contribution in [3.05, 3.63) is 0 Å². The van der Waals surface area contributed by atoms with Crippen LogP contribution in [-0.2, 0) is 0 Å². The predicted octanol–water partition coefficient (Wildman–Crippen LogP) is 8.95. The quantitative estimate of drug-likeness (QED) is 0.246. The number of hydrogen-bond donors (Lipinski definition) is 0. The van der Waals surface area contributed by atoms with E-state index < -0.39 is 30.7 Å². The van der Waals surface area contributed by atoms with Crippen molar-refractivity contribution < 1.29 is 0 Å². The maximum atomic E-state index is 6.77. The number of halogens is 4. The summed E-state index contributed by atoms with van der Waals surface area (Å²) in [6, 6.07) is 0. The highest BCUT2D eigenvalue weighted by Crippen LogP contribution is 2.67. The van der Waals surface area contributed by atoms with Crippen molar-refractivity contribution in [3.8, 4) is 0 Å². The third kappa shape index (κ3) is 5.26. The lowest BCUT2D eigenvalue weighted by molar-refractivity contribution is 0.119. The van der Waals surface area contributed by atoms with Crippen LogP contribution in [-0.4, -0.2) is 56.4 Å². The van der Waals surface area contributed by atoms with Gasteiger partial charge < -0.3 is 0 Å². The first-order chi connectivity index (χ1) is 12.9. The lowest BCUT2D eigenvalue weighted by atomic mass is 10.1. The summed E-state index contributed by atoms with van der Waals surface area (Å²) in [5.74, 6) is 0. The molecule has 0 unspecified atom stereocenters. The second-order valence-corrected chi connectivity index (χ2v) is 27.1. The van der Waals surface area contributed by atoms with E-state index in [4.69, 9.17) is 45.0 Å². The third-order valence-electron chi connectivity index (χ3n) is 5.41. The first-order valence-corrected chi connectivity index (χ1v) is 21.2. The maximum absolute atomic E-state index is 6.77. The van der Waals surface area contributed by atoms with Crippen LogP contribution in [0.1, 0.15) is 83.1 Å². The van der Waals surface area contributed by atoms with Gasteiger partial charge in [0, 0.05) is 22.2 Å². The maximum Gasteiger partial charge on any atom is 0.283 e. The molecule has 0 aromatic rings. The fourth-order valence-electron chi connectivity index (χ4n) is 5.89. The molecule has 0 saturated carbocycles. The van der Waals surface area contributed by atoms with Gasteiger partial charge >= 0.3 is 0 Å². The molecule has 0 aliphatic carbocycles. The van der Waals surface area contributed by atoms with Crippen LogP contribution < -0.4 is 0 Å². The van der Waals surface area contributed by atoms with Gasteiger partial charge in [-0.1, -0.05) is 45.0 Å². The fourth-order valence-corrected chi connectivity index (χ4v) is 36.0. The van der Waals surface area contributed by atoms with Crippen molar-refractivity contribution in [2.45, 2.75) is 118 Å². The monoisotopic (exact) mass is 572 g/mol. The summed E-state index contributed by atoms with van der Waals surface area (Å²) in [6.45, 7) is 29.1. The Kier molecular flexibility index (Phi) is 9.16. The Morgan fingerprint density at radius 3 is 0.833 bits per heavy atom. The van der Waals surface area contributed by atoms with Crippen LogP contribution in [0.25, 0.3) is 0 Å². The normalized spacial score (nSPS) is 28.2. The van der Waals surface area contributed by atoms with Crippen molar-refractivity contribution >= 4 is 75.6 Å². The van der Waals surface area contributed by atoms with E-state index in [1.807, 2.05) is 0 Å². The van der Waals surface area contributed by atoms with E-state index in [0.717, 1.165) is 0 Å². The van der Waals surface area contributed by atoms with Crippen molar-refractivity contribution in [1.82, 2.24) is 17.1 Å². The minimum atomic E-state index is -2.50. The molecular formula is C18H42Cl4N4P2Si2. The fraction of sp³-hybridized carbons (Fsp3) is 1.00. The summed E-state index contributed by atoms with van der Waals surface area (Å²) < 4.78 is 10.3. The van der Waals surface area contributed by atoms with Crippen molar-refractivity contribution in [1.29, 1.82) is 0 Å². The molecule has 180 valence electrons. The van der Waals surface area contributed by atoms with Gasteiger partial charge in [-0.25, -0.2) is 8.67 Å². The molecule has 1 fully saturated rings. The van der Waals surface area contributed by atoms with Crippen molar-refractivity contribution in [2.24, 2.45) is 0 Å². The summed E-state index contributed by atoms with van der Waals surface area (Å²) in [5, 5.41) is 0. The van der Waals surface area contributed by atoms with Gasteiger partial charge in [-0.15, -0.1) is 0 Å². The molecule has 1 saturated heterocycles. The van der Waals surface area contributed by atoms with Gasteiger partial charge in [0.2, 0.25) is 0 Å². The summed E-state index contributed by atoms with van der Waals surface area (Å²) >= 11 is 27.1. The van der Waals surface area contributed by atoms with E-state index in [2.05, 4.69) is 113 Å². The number of rotatable bonds is 4. The first kappa shape index (κ1) is 30.3. The molecule has 1 aliphatic heterocycles. The molecule has 0 aromatic heterocycles. The lowest BCUT2D eigenvalue weighted by Gasteiger charge is -2.80. The standard InChI is InChI=1S/C18H42Cl4N4P2Si2/c1-15(2,3)23(27(19)20)29(13)25(17(7,8)9)30(14,26(29)18(10,11)12)24(28(21)22)16(4,5)6/h1-14H3. The van der Waals surface area contributed by atoms with E-state index in [1.54, 1.807) is 0 Å². The molecule has 0 aromatic carbocycles. The van der Waals surface area contributed by atoms with Gasteiger partial charge in [0.05, 0.1) is 0 Å². The van der Waals surface area contributed by atoms with Crippen molar-refractivity contribution in [2.75, 3.05) is 0 Å². The van der Waals surface area contributed by atoms with Crippen LogP contribution in [0.15, 0.2) is 0 Å². The predicted molar refractivity (Wildman–Crippen MR) is 147 cm³/mol. The van der Waals surface area contributed by atoms with E-state index in [9.17, 15) is 0 Å². The van der Waals surface area contributed by atoms with Crippen LogP contribution in [0.5, 0.6) is 0 Å². The van der Waals surface area contributed by atoms with Crippen LogP contribution in [0.4, 0.5) is 0 Å². The van der Waals surface area contributed by atoms with E-state index in [-0.39, 0.29) is 22.2 Å². The van der Waals surface area contributed by atoms with Gasteiger partial charge in [0.15, 0.2) is 13.6 Å². The average Bonchev–Trinajstić information content (AvgIpc) is 2.26. The zero-order valence-corrected chi connectivity index (χ0v) is 28.0. The molecular weight excluding hydrogens is 532 g/mol. The Balaban J connectivity index is 4.02. The summed E-state index contributed by atoms with van der Waals surface area (Å²) in [6.07, 6.45) is 0. The highest BCUT2D eigenvalue weighted by molar-refractivity contribution is 8.03. The van der Waals surface area contributed by atoms with Gasteiger partial charge in [-0.05, 0) is 96.2 Å². The Morgan fingerprint density at radius 2 is 0.733 bits per heavy atom. The minimum absolute atomic E-state index is 0.102. The molecule has 4 nitrogen and oxygen atoms in total. The molecule has 0 bridgehead atoms. The minimum Gasteiger partial charge on any atom is -0.292 e. The van der Waals surface area contributed by atoms with Gasteiger partial charge in [0.25, 0.3) is 17.1 Å². The summed E-state index contributed by atoms with van der Waals surface area (Å²) in [4.78, 5) is 0. The molecule has 0 spiro atoms. The average molecular weight is 574 g/mol. The largest absolute Gasteiger partial charge is 0.292 e. The van der Waals surface area contributed by atoms with E-state index in [0.29, 0.717) is 0 Å². The molecule has 1 heterocycles. The second-order valence-electron chi connectivity index (χ2n) is 12.3. The van der Waals surface area contributed by atoms with E-state index >= 15 is 0 Å². The Labute approximate surface area is 210 Å². The Hall–Kier alpha value is 2.29. The lowest BCUT2D eigenvalue weighted by Crippen LogP contribution is -3.04. The third-order valence-corrected chi connectivity index (χ3v) is 28.1. The van der Waals surface area contributed by atoms with Crippen LogP contribution in [0.2, 0.25) is 13.1 Å². The Bertz CT molecular complexity index is 566. The molecule has 0 radical (unpaired) electrons. The molecule has 12 heteroatoms. The van der Waals surface area contributed by atoms with Gasteiger partial charge in [-0.3, -0.25) is 8.46 Å². The molecule has 0 N–H and O–H groups in total. The Morgan fingerprint density at radius 1 is 0.533 bits per heavy atom. The number of nitrogens with zero attached hydrogens (tertiary/aromatic N) is 4. The SMILES string of the molecule is CC(C)(C)N(P(Cl)Cl)[Si]1(C)N(C(C)(C)C)[Si](C)(N(P(Cl)Cl)C(C)(C)C)N1C(C)(C)C. The molecule has 0 atom stereocenters. The summed E-state index contributed by atoms with van der Waals surface area (Å²) in [5.41, 5.74) is -0.569. The molecule has 0 amide bonds. The first-order valence-electron chi connectivity index (χ1n) is 10.3. The smallest absolute Gasteiger partial charge is 0.283 e. The number of hydrogen-bond acceptors (Lipinski definition) is 4. The van der Waals surface area contributed by atoms with Gasteiger partial charge in [0.1, 0.15) is 0 Å². The van der Waals surface area contributed by atoms with Crippen LogP contribution in [0, 0.1) is 0 Å². The van der Waals surface area contributed by atoms with E-state index in [1.165, 1.54) is 0 Å².